The molecule has 0 unspecified atom stereocenters. The second kappa shape index (κ2) is 6.81. The van der Waals surface area contributed by atoms with Crippen molar-refractivity contribution in [3.63, 3.8) is 0 Å². The van der Waals surface area contributed by atoms with E-state index in [1.807, 2.05) is 0 Å². The summed E-state index contributed by atoms with van der Waals surface area (Å²) in [6.07, 6.45) is 4.07. The summed E-state index contributed by atoms with van der Waals surface area (Å²) in [7, 11) is -3.53. The average Bonchev–Trinajstić information content (AvgIpc) is 2.62. The number of aromatic carboxylic acids is 1. The number of aromatic nitrogens is 1. The molecule has 8 heteroatoms. The van der Waals surface area contributed by atoms with E-state index < -0.39 is 21.6 Å². The van der Waals surface area contributed by atoms with Gasteiger partial charge in [0.25, 0.3) is 0 Å². The molecule has 1 aliphatic rings. The van der Waals surface area contributed by atoms with Crippen LogP contribution in [0, 0.1) is 0 Å². The van der Waals surface area contributed by atoms with Gasteiger partial charge in [-0.05, 0) is 30.5 Å². The van der Waals surface area contributed by atoms with E-state index in [1.165, 1.54) is 22.6 Å². The van der Waals surface area contributed by atoms with Crippen LogP contribution in [0.1, 0.15) is 29.6 Å². The fourth-order valence-electron chi connectivity index (χ4n) is 2.95. The molecule has 7 nitrogen and oxygen atoms in total. The van der Waals surface area contributed by atoms with Gasteiger partial charge in [0.1, 0.15) is 0 Å². The molecule has 3 rings (SSSR count). The van der Waals surface area contributed by atoms with Gasteiger partial charge >= 0.3 is 5.97 Å². The van der Waals surface area contributed by atoms with Gasteiger partial charge in [-0.15, -0.1) is 0 Å². The Morgan fingerprint density at radius 2 is 1.72 bits per heavy atom. The molecule has 2 N–H and O–H groups in total. The van der Waals surface area contributed by atoms with Crippen LogP contribution in [0.25, 0.3) is 11.1 Å². The first kappa shape index (κ1) is 17.4. The van der Waals surface area contributed by atoms with E-state index >= 15 is 0 Å². The van der Waals surface area contributed by atoms with E-state index in [4.69, 9.17) is 0 Å². The zero-order chi connectivity index (χ0) is 18.0. The molecule has 132 valence electrons. The van der Waals surface area contributed by atoms with Crippen molar-refractivity contribution in [2.75, 3.05) is 13.1 Å². The smallest absolute Gasteiger partial charge is 0.336 e. The Kier molecular flexibility index (Phi) is 4.73. The number of nitrogens with one attached hydrogen (secondary N) is 1. The maximum Gasteiger partial charge on any atom is 0.336 e. The number of hydrogen-bond donors (Lipinski definition) is 2. The second-order valence-electron chi connectivity index (χ2n) is 5.92. The number of benzene rings is 1. The Morgan fingerprint density at radius 1 is 1.08 bits per heavy atom. The number of carboxylic acid groups (broad SMARTS) is 1. The van der Waals surface area contributed by atoms with Crippen LogP contribution >= 0.6 is 0 Å². The quantitative estimate of drug-likeness (QED) is 0.864. The summed E-state index contributed by atoms with van der Waals surface area (Å²) in [5, 5.41) is 9.25. The lowest BCUT2D eigenvalue weighted by Crippen LogP contribution is -2.35. The molecule has 1 fully saturated rings. The third kappa shape index (κ3) is 3.49. The largest absolute Gasteiger partial charge is 0.478 e. The number of rotatable bonds is 4. The summed E-state index contributed by atoms with van der Waals surface area (Å²) in [6.45, 7) is 1.04. The Hall–Kier alpha value is -2.45. The van der Waals surface area contributed by atoms with Crippen molar-refractivity contribution in [2.45, 2.75) is 24.2 Å². The Bertz CT molecular complexity index is 942. The molecular weight excluding hydrogens is 344 g/mol. The summed E-state index contributed by atoms with van der Waals surface area (Å²) >= 11 is 0. The summed E-state index contributed by atoms with van der Waals surface area (Å²) in [5.74, 6) is -1.22. The van der Waals surface area contributed by atoms with Gasteiger partial charge < -0.3 is 10.1 Å². The van der Waals surface area contributed by atoms with Gasteiger partial charge in [-0.2, -0.15) is 4.31 Å². The highest BCUT2D eigenvalue weighted by atomic mass is 32.2. The number of pyridine rings is 1. The third-order valence-corrected chi connectivity index (χ3v) is 6.19. The van der Waals surface area contributed by atoms with Crippen molar-refractivity contribution in [2.24, 2.45) is 0 Å². The molecule has 1 saturated heterocycles. The van der Waals surface area contributed by atoms with E-state index in [0.29, 0.717) is 24.2 Å². The number of piperidine rings is 1. The maximum absolute atomic E-state index is 12.6. The fourth-order valence-corrected chi connectivity index (χ4v) is 4.47. The van der Waals surface area contributed by atoms with Crippen LogP contribution < -0.4 is 5.56 Å². The molecular formula is C17H18N2O5S. The van der Waals surface area contributed by atoms with Gasteiger partial charge in [0.05, 0.1) is 10.5 Å². The van der Waals surface area contributed by atoms with Gasteiger partial charge in [-0.25, -0.2) is 13.2 Å². The normalized spacial score (nSPS) is 15.8. The number of carboxylic acids is 1. The summed E-state index contributed by atoms with van der Waals surface area (Å²) < 4.78 is 26.8. The van der Waals surface area contributed by atoms with Crippen molar-refractivity contribution in [1.82, 2.24) is 9.29 Å². The summed E-state index contributed by atoms with van der Waals surface area (Å²) in [6, 6.07) is 7.05. The van der Waals surface area contributed by atoms with Crippen LogP contribution in [0.2, 0.25) is 0 Å². The first-order chi connectivity index (χ1) is 11.9. The van der Waals surface area contributed by atoms with Crippen LogP contribution in [0.4, 0.5) is 0 Å². The van der Waals surface area contributed by atoms with Gasteiger partial charge in [0.15, 0.2) is 0 Å². The first-order valence-corrected chi connectivity index (χ1v) is 9.40. The van der Waals surface area contributed by atoms with Crippen molar-refractivity contribution in [1.29, 1.82) is 0 Å². The Balaban J connectivity index is 1.96. The number of nitrogens with zero attached hydrogens (tertiary/aromatic N) is 1. The van der Waals surface area contributed by atoms with E-state index in [0.717, 1.165) is 25.3 Å². The predicted octanol–water partition coefficient (Wildman–Crippen LogP) is 1.91. The zero-order valence-electron chi connectivity index (χ0n) is 13.4. The standard InChI is InChI=1S/C17H18N2O5S/c20-16-10-14(17(21)22)15(11-18-16)12-4-6-13(7-5-12)25(23,24)19-8-2-1-3-9-19/h4-7,10-11H,1-3,8-9H2,(H,18,20)(H,21,22). The third-order valence-electron chi connectivity index (χ3n) is 4.27. The molecule has 0 atom stereocenters. The molecule has 0 saturated carbocycles. The molecule has 0 amide bonds. The van der Waals surface area contributed by atoms with Crippen LogP contribution in [0.15, 0.2) is 46.2 Å². The number of aromatic amines is 1. The van der Waals surface area contributed by atoms with E-state index in [-0.39, 0.29) is 10.5 Å². The van der Waals surface area contributed by atoms with E-state index in [9.17, 15) is 23.1 Å². The molecule has 2 heterocycles. The van der Waals surface area contributed by atoms with Crippen molar-refractivity contribution >= 4 is 16.0 Å². The summed E-state index contributed by atoms with van der Waals surface area (Å²) in [4.78, 5) is 25.3. The second-order valence-corrected chi connectivity index (χ2v) is 7.86. The van der Waals surface area contributed by atoms with Crippen molar-refractivity contribution in [3.05, 3.63) is 52.4 Å². The summed E-state index contributed by atoms with van der Waals surface area (Å²) in [5.41, 5.74) is 0.209. The number of sulfonamides is 1. The lowest BCUT2D eigenvalue weighted by Gasteiger charge is -2.25. The highest BCUT2D eigenvalue weighted by Crippen LogP contribution is 2.26. The minimum atomic E-state index is -3.53. The minimum absolute atomic E-state index is 0.129. The van der Waals surface area contributed by atoms with Crippen LogP contribution in [0.5, 0.6) is 0 Å². The van der Waals surface area contributed by atoms with Gasteiger partial charge in [0.2, 0.25) is 15.6 Å². The monoisotopic (exact) mass is 362 g/mol. The topological polar surface area (TPSA) is 108 Å². The minimum Gasteiger partial charge on any atom is -0.478 e. The van der Waals surface area contributed by atoms with Gasteiger partial charge in [0, 0.05) is 30.9 Å². The number of carbonyl (C=O) groups is 1. The zero-order valence-corrected chi connectivity index (χ0v) is 14.3. The fraction of sp³-hybridized carbons (Fsp3) is 0.294. The van der Waals surface area contributed by atoms with Crippen LogP contribution in [-0.4, -0.2) is 41.9 Å². The molecule has 0 aliphatic carbocycles. The van der Waals surface area contributed by atoms with Crippen molar-refractivity contribution < 1.29 is 18.3 Å². The molecule has 1 aromatic carbocycles. The molecule has 0 radical (unpaired) electrons. The van der Waals surface area contributed by atoms with Crippen LogP contribution in [-0.2, 0) is 10.0 Å². The van der Waals surface area contributed by atoms with Gasteiger partial charge in [-0.3, -0.25) is 4.79 Å². The average molecular weight is 362 g/mol. The maximum atomic E-state index is 12.6. The lowest BCUT2D eigenvalue weighted by molar-refractivity contribution is 0.0697. The molecule has 1 aromatic heterocycles. The highest BCUT2D eigenvalue weighted by Gasteiger charge is 2.25. The molecule has 2 aromatic rings. The van der Waals surface area contributed by atoms with E-state index in [1.54, 1.807) is 12.1 Å². The lowest BCUT2D eigenvalue weighted by atomic mass is 10.0. The number of H-pyrrole nitrogens is 1. The van der Waals surface area contributed by atoms with Gasteiger partial charge in [-0.1, -0.05) is 18.6 Å². The molecule has 0 spiro atoms. The Labute approximate surface area is 145 Å². The Morgan fingerprint density at radius 3 is 2.32 bits per heavy atom. The first-order valence-electron chi connectivity index (χ1n) is 7.96. The highest BCUT2D eigenvalue weighted by molar-refractivity contribution is 7.89. The van der Waals surface area contributed by atoms with Crippen LogP contribution in [0.3, 0.4) is 0 Å². The van der Waals surface area contributed by atoms with E-state index in [2.05, 4.69) is 4.98 Å². The van der Waals surface area contributed by atoms with Crippen molar-refractivity contribution in [3.8, 4) is 11.1 Å². The molecule has 25 heavy (non-hydrogen) atoms. The predicted molar refractivity (Wildman–Crippen MR) is 92.1 cm³/mol. The SMILES string of the molecule is O=C(O)c1cc(=O)[nH]cc1-c1ccc(S(=O)(=O)N2CCCCC2)cc1. The molecule has 1 aliphatic heterocycles. The number of hydrogen-bond acceptors (Lipinski definition) is 4. The molecule has 0 bridgehead atoms.